The summed E-state index contributed by atoms with van der Waals surface area (Å²) >= 11 is 0. The maximum Gasteiger partial charge on any atom is 0.255 e. The van der Waals surface area contributed by atoms with Gasteiger partial charge in [0.25, 0.3) is 5.91 Å². The number of amides is 1. The lowest BCUT2D eigenvalue weighted by atomic mass is 10.3. The number of hydrogen-bond acceptors (Lipinski definition) is 7. The van der Waals surface area contributed by atoms with Gasteiger partial charge < -0.3 is 9.47 Å². The summed E-state index contributed by atoms with van der Waals surface area (Å²) in [6, 6.07) is 7.82. The van der Waals surface area contributed by atoms with Gasteiger partial charge in [-0.15, -0.1) is 0 Å². The minimum absolute atomic E-state index is 0.0973. The summed E-state index contributed by atoms with van der Waals surface area (Å²) in [5, 5.41) is 3.79. The lowest BCUT2D eigenvalue weighted by molar-refractivity contribution is -0.121. The quantitative estimate of drug-likeness (QED) is 0.527. The lowest BCUT2D eigenvalue weighted by Crippen LogP contribution is -2.36. The fourth-order valence-electron chi connectivity index (χ4n) is 2.10. The van der Waals surface area contributed by atoms with E-state index in [2.05, 4.69) is 15.5 Å². The molecule has 0 atom stereocenters. The number of ether oxygens (including phenoxy) is 2. The van der Waals surface area contributed by atoms with Crippen LogP contribution in [0.15, 0.2) is 52.7 Å². The number of nitrogens with zero attached hydrogens (tertiary/aromatic N) is 3. The molecular formula is C17H20N4O5S. The van der Waals surface area contributed by atoms with Crippen molar-refractivity contribution in [2.45, 2.75) is 4.90 Å². The number of rotatable bonds is 8. The number of sulfonamides is 1. The Morgan fingerprint density at radius 2 is 1.93 bits per heavy atom. The molecule has 9 nitrogen and oxygen atoms in total. The van der Waals surface area contributed by atoms with Crippen LogP contribution in [0.2, 0.25) is 0 Å². The van der Waals surface area contributed by atoms with Crippen molar-refractivity contribution in [1.82, 2.24) is 14.7 Å². The van der Waals surface area contributed by atoms with Crippen LogP contribution in [0.5, 0.6) is 11.5 Å². The van der Waals surface area contributed by atoms with Crippen molar-refractivity contribution in [2.75, 3.05) is 27.8 Å². The van der Waals surface area contributed by atoms with E-state index >= 15 is 0 Å². The lowest BCUT2D eigenvalue weighted by Gasteiger charge is -2.18. The number of carbonyl (C=O) groups is 1. The van der Waals surface area contributed by atoms with E-state index in [4.69, 9.17) is 9.47 Å². The second-order valence-electron chi connectivity index (χ2n) is 5.35. The molecule has 1 N–H and O–H groups in total. The zero-order valence-corrected chi connectivity index (χ0v) is 15.9. The van der Waals surface area contributed by atoms with Crippen molar-refractivity contribution in [1.29, 1.82) is 0 Å². The standard InChI is InChI=1S/C17H20N4O5S/c1-21(12-17(22)20-19-11-13-6-8-18-9-7-13)27(23,24)16-10-14(25-2)4-5-15(16)26-3/h4-11H,12H2,1-3H3,(H,20,22). The Labute approximate surface area is 157 Å². The SMILES string of the molecule is COc1ccc(OC)c(S(=O)(=O)N(C)CC(=O)NN=Cc2ccncc2)c1. The summed E-state index contributed by atoms with van der Waals surface area (Å²) in [7, 11) is 0.102. The summed E-state index contributed by atoms with van der Waals surface area (Å²) in [6.07, 6.45) is 4.61. The Balaban J connectivity index is 2.08. The van der Waals surface area contributed by atoms with Crippen molar-refractivity contribution in [3.8, 4) is 11.5 Å². The molecule has 0 aliphatic heterocycles. The van der Waals surface area contributed by atoms with Gasteiger partial charge in [0.15, 0.2) is 0 Å². The first-order valence-electron chi connectivity index (χ1n) is 7.78. The van der Waals surface area contributed by atoms with Gasteiger partial charge in [-0.05, 0) is 29.8 Å². The zero-order chi connectivity index (χ0) is 19.9. The van der Waals surface area contributed by atoms with Crippen LogP contribution >= 0.6 is 0 Å². The van der Waals surface area contributed by atoms with Crippen molar-refractivity contribution < 1.29 is 22.7 Å². The van der Waals surface area contributed by atoms with E-state index in [1.54, 1.807) is 30.6 Å². The maximum atomic E-state index is 12.8. The van der Waals surface area contributed by atoms with E-state index in [0.29, 0.717) is 5.75 Å². The molecule has 1 aromatic heterocycles. The van der Waals surface area contributed by atoms with Crippen LogP contribution < -0.4 is 14.9 Å². The Morgan fingerprint density at radius 3 is 2.56 bits per heavy atom. The van der Waals surface area contributed by atoms with Crippen LogP contribution in [0.25, 0.3) is 0 Å². The first-order valence-corrected chi connectivity index (χ1v) is 9.22. The topological polar surface area (TPSA) is 110 Å². The third-order valence-corrected chi connectivity index (χ3v) is 5.36. The van der Waals surface area contributed by atoms with Crippen molar-refractivity contribution >= 4 is 22.1 Å². The molecule has 144 valence electrons. The summed E-state index contributed by atoms with van der Waals surface area (Å²) in [6.45, 7) is -0.420. The van der Waals surface area contributed by atoms with Gasteiger partial charge in [-0.3, -0.25) is 9.78 Å². The number of likely N-dealkylation sites (N-methyl/N-ethyl adjacent to an activating group) is 1. The van der Waals surface area contributed by atoms with Gasteiger partial charge in [-0.1, -0.05) is 0 Å². The third kappa shape index (κ3) is 5.25. The van der Waals surface area contributed by atoms with Gasteiger partial charge in [0.2, 0.25) is 10.0 Å². The van der Waals surface area contributed by atoms with Crippen LogP contribution in [-0.2, 0) is 14.8 Å². The Hall–Kier alpha value is -2.98. The molecule has 10 heteroatoms. The van der Waals surface area contributed by atoms with Crippen molar-refractivity contribution in [3.05, 3.63) is 48.3 Å². The normalized spacial score (nSPS) is 11.6. The highest BCUT2D eigenvalue weighted by molar-refractivity contribution is 7.89. The summed E-state index contributed by atoms with van der Waals surface area (Å²) in [5.74, 6) is -0.0822. The van der Waals surface area contributed by atoms with E-state index < -0.39 is 22.5 Å². The zero-order valence-electron chi connectivity index (χ0n) is 15.1. The molecule has 1 aromatic carbocycles. The predicted octanol–water partition coefficient (Wildman–Crippen LogP) is 0.870. The predicted molar refractivity (Wildman–Crippen MR) is 99.3 cm³/mol. The molecular weight excluding hydrogens is 372 g/mol. The van der Waals surface area contributed by atoms with Gasteiger partial charge in [-0.2, -0.15) is 9.41 Å². The minimum atomic E-state index is -3.98. The summed E-state index contributed by atoms with van der Waals surface area (Å²) < 4.78 is 36.6. The highest BCUT2D eigenvalue weighted by atomic mass is 32.2. The summed E-state index contributed by atoms with van der Waals surface area (Å²) in [4.78, 5) is 15.8. The highest BCUT2D eigenvalue weighted by Crippen LogP contribution is 2.29. The minimum Gasteiger partial charge on any atom is -0.497 e. The third-order valence-electron chi connectivity index (χ3n) is 3.53. The van der Waals surface area contributed by atoms with Gasteiger partial charge in [0.05, 0.1) is 27.0 Å². The fraction of sp³-hybridized carbons (Fsp3) is 0.235. The van der Waals surface area contributed by atoms with Gasteiger partial charge >= 0.3 is 0 Å². The second-order valence-corrected chi connectivity index (χ2v) is 7.36. The van der Waals surface area contributed by atoms with Crippen LogP contribution in [-0.4, -0.2) is 57.6 Å². The van der Waals surface area contributed by atoms with E-state index in [9.17, 15) is 13.2 Å². The Kier molecular flexibility index (Phi) is 6.85. The number of carbonyl (C=O) groups excluding carboxylic acids is 1. The molecule has 0 unspecified atom stereocenters. The first-order chi connectivity index (χ1) is 12.9. The molecule has 0 fully saturated rings. The Bertz CT molecular complexity index is 916. The van der Waals surface area contributed by atoms with Crippen LogP contribution in [0.1, 0.15) is 5.56 Å². The van der Waals surface area contributed by atoms with Gasteiger partial charge in [0.1, 0.15) is 16.4 Å². The number of aromatic nitrogens is 1. The monoisotopic (exact) mass is 392 g/mol. The number of pyridine rings is 1. The van der Waals surface area contributed by atoms with Crippen molar-refractivity contribution in [3.63, 3.8) is 0 Å². The molecule has 0 aliphatic rings. The van der Waals surface area contributed by atoms with E-state index in [1.165, 1.54) is 39.6 Å². The molecule has 0 spiro atoms. The molecule has 27 heavy (non-hydrogen) atoms. The molecule has 2 aromatic rings. The number of benzene rings is 1. The number of hydrazone groups is 1. The van der Waals surface area contributed by atoms with E-state index in [1.807, 2.05) is 0 Å². The van der Waals surface area contributed by atoms with Gasteiger partial charge in [-0.25, -0.2) is 13.8 Å². The fourth-order valence-corrected chi connectivity index (χ4v) is 3.40. The van der Waals surface area contributed by atoms with Crippen molar-refractivity contribution in [2.24, 2.45) is 5.10 Å². The largest absolute Gasteiger partial charge is 0.497 e. The van der Waals surface area contributed by atoms with Crippen LogP contribution in [0.3, 0.4) is 0 Å². The average molecular weight is 392 g/mol. The molecule has 1 amide bonds. The number of nitrogens with one attached hydrogen (secondary N) is 1. The van der Waals surface area contributed by atoms with Gasteiger partial charge in [0, 0.05) is 25.5 Å². The molecule has 0 aliphatic carbocycles. The second kappa shape index (κ2) is 9.10. The van der Waals surface area contributed by atoms with E-state index in [-0.39, 0.29) is 10.6 Å². The Morgan fingerprint density at radius 1 is 1.22 bits per heavy atom. The average Bonchev–Trinajstić information content (AvgIpc) is 2.68. The molecule has 2 rings (SSSR count). The molecule has 1 heterocycles. The molecule has 0 saturated heterocycles. The van der Waals surface area contributed by atoms with Crippen LogP contribution in [0.4, 0.5) is 0 Å². The van der Waals surface area contributed by atoms with E-state index in [0.717, 1.165) is 9.87 Å². The summed E-state index contributed by atoms with van der Waals surface area (Å²) in [5.41, 5.74) is 3.03. The number of methoxy groups -OCH3 is 2. The number of hydrogen-bond donors (Lipinski definition) is 1. The first kappa shape index (κ1) is 20.3. The molecule has 0 bridgehead atoms. The molecule has 0 radical (unpaired) electrons. The van der Waals surface area contributed by atoms with Crippen LogP contribution in [0, 0.1) is 0 Å². The maximum absolute atomic E-state index is 12.8. The molecule has 0 saturated carbocycles. The smallest absolute Gasteiger partial charge is 0.255 e. The highest BCUT2D eigenvalue weighted by Gasteiger charge is 2.27.